The normalized spacial score (nSPS) is 12.2. The van der Waals surface area contributed by atoms with Crippen molar-refractivity contribution in [1.82, 2.24) is 0 Å². The standard InChI is InChI=1S/C29H21N/c1-2-19-12-15-22(16-13-19)30-18-21-14-17-27-25-10-4-7-20-6-3-9-24(28(20)25)26-11-5-8-23(21)29(26)27/h3-18H,2H2,1H3. The fraction of sp³-hybridized carbons (Fsp3) is 0.0690. The van der Waals surface area contributed by atoms with E-state index < -0.39 is 0 Å². The molecule has 6 rings (SSSR count). The molecular weight excluding hydrogens is 362 g/mol. The Labute approximate surface area is 175 Å². The quantitative estimate of drug-likeness (QED) is 0.166. The first-order chi connectivity index (χ1) is 14.8. The Bertz CT molecular complexity index is 1510. The van der Waals surface area contributed by atoms with Gasteiger partial charge in [0.2, 0.25) is 0 Å². The van der Waals surface area contributed by atoms with Crippen molar-refractivity contribution in [2.75, 3.05) is 0 Å². The Balaban J connectivity index is 1.62. The maximum Gasteiger partial charge on any atom is 0.0630 e. The molecule has 0 amide bonds. The monoisotopic (exact) mass is 383 g/mol. The lowest BCUT2D eigenvalue weighted by atomic mass is 9.88. The molecule has 0 aliphatic heterocycles. The molecule has 0 atom stereocenters. The Morgan fingerprint density at radius 3 is 1.90 bits per heavy atom. The van der Waals surface area contributed by atoms with Crippen LogP contribution < -0.4 is 0 Å². The van der Waals surface area contributed by atoms with Gasteiger partial charge in [-0.3, -0.25) is 4.99 Å². The van der Waals surface area contributed by atoms with E-state index >= 15 is 0 Å². The van der Waals surface area contributed by atoms with E-state index in [9.17, 15) is 0 Å². The summed E-state index contributed by atoms with van der Waals surface area (Å²) in [6, 6.07) is 32.8. The maximum absolute atomic E-state index is 4.76. The molecule has 0 unspecified atom stereocenters. The van der Waals surface area contributed by atoms with Crippen LogP contribution in [0.25, 0.3) is 43.1 Å². The van der Waals surface area contributed by atoms with Crippen LogP contribution in [0.1, 0.15) is 18.1 Å². The number of benzene rings is 6. The van der Waals surface area contributed by atoms with E-state index in [1.165, 1.54) is 48.7 Å². The van der Waals surface area contributed by atoms with Gasteiger partial charge in [0.15, 0.2) is 0 Å². The van der Waals surface area contributed by atoms with Gasteiger partial charge in [0.05, 0.1) is 5.69 Å². The predicted octanol–water partition coefficient (Wildman–Crippen LogP) is 8.05. The molecule has 6 aromatic carbocycles. The van der Waals surface area contributed by atoms with Crippen molar-refractivity contribution < 1.29 is 0 Å². The van der Waals surface area contributed by atoms with Gasteiger partial charge in [0.25, 0.3) is 0 Å². The molecule has 0 fully saturated rings. The molecule has 0 aromatic heterocycles. The summed E-state index contributed by atoms with van der Waals surface area (Å²) >= 11 is 0. The van der Waals surface area contributed by atoms with E-state index in [1.807, 2.05) is 6.21 Å². The number of fused-ring (bicyclic) bond motifs is 2. The predicted molar refractivity (Wildman–Crippen MR) is 131 cm³/mol. The molecule has 0 bridgehead atoms. The van der Waals surface area contributed by atoms with Crippen LogP contribution in [0.5, 0.6) is 0 Å². The molecule has 0 heterocycles. The fourth-order valence-corrected chi connectivity index (χ4v) is 4.74. The molecule has 6 aromatic rings. The van der Waals surface area contributed by atoms with Crippen LogP contribution in [0.4, 0.5) is 5.69 Å². The molecule has 0 spiro atoms. The number of rotatable bonds is 3. The van der Waals surface area contributed by atoms with Crippen molar-refractivity contribution in [2.24, 2.45) is 4.99 Å². The minimum Gasteiger partial charge on any atom is -0.256 e. The van der Waals surface area contributed by atoms with Crippen LogP contribution in [0.2, 0.25) is 0 Å². The van der Waals surface area contributed by atoms with Crippen molar-refractivity contribution >= 4 is 55.0 Å². The molecule has 1 nitrogen and oxygen atoms in total. The molecule has 30 heavy (non-hydrogen) atoms. The summed E-state index contributed by atoms with van der Waals surface area (Å²) in [5.41, 5.74) is 3.48. The van der Waals surface area contributed by atoms with Gasteiger partial charge in [0.1, 0.15) is 0 Å². The van der Waals surface area contributed by atoms with E-state index in [2.05, 4.69) is 97.9 Å². The van der Waals surface area contributed by atoms with E-state index in [0.717, 1.165) is 17.7 Å². The molecule has 0 aliphatic carbocycles. The first-order valence-electron chi connectivity index (χ1n) is 10.5. The van der Waals surface area contributed by atoms with Crippen molar-refractivity contribution in [3.63, 3.8) is 0 Å². The van der Waals surface area contributed by atoms with Crippen molar-refractivity contribution in [1.29, 1.82) is 0 Å². The largest absolute Gasteiger partial charge is 0.256 e. The average molecular weight is 383 g/mol. The Hall–Kier alpha value is -3.71. The average Bonchev–Trinajstić information content (AvgIpc) is 2.81. The third kappa shape index (κ3) is 2.52. The zero-order valence-electron chi connectivity index (χ0n) is 16.9. The van der Waals surface area contributed by atoms with E-state index in [-0.39, 0.29) is 0 Å². The van der Waals surface area contributed by atoms with Crippen LogP contribution in [-0.2, 0) is 6.42 Å². The number of hydrogen-bond acceptors (Lipinski definition) is 1. The van der Waals surface area contributed by atoms with Crippen molar-refractivity contribution in [3.05, 3.63) is 102 Å². The molecule has 0 saturated carbocycles. The number of nitrogens with zero attached hydrogens (tertiary/aromatic N) is 1. The highest BCUT2D eigenvalue weighted by Gasteiger charge is 2.13. The Morgan fingerprint density at radius 2 is 1.20 bits per heavy atom. The molecule has 0 saturated heterocycles. The van der Waals surface area contributed by atoms with Crippen molar-refractivity contribution in [2.45, 2.75) is 13.3 Å². The van der Waals surface area contributed by atoms with Crippen LogP contribution in [0, 0.1) is 0 Å². The number of hydrogen-bond donors (Lipinski definition) is 0. The summed E-state index contributed by atoms with van der Waals surface area (Å²) in [6.45, 7) is 2.17. The van der Waals surface area contributed by atoms with Crippen LogP contribution >= 0.6 is 0 Å². The Kier molecular flexibility index (Phi) is 3.82. The summed E-state index contributed by atoms with van der Waals surface area (Å²) in [7, 11) is 0. The fourth-order valence-electron chi connectivity index (χ4n) is 4.74. The molecule has 0 N–H and O–H groups in total. The van der Waals surface area contributed by atoms with Gasteiger partial charge in [-0.15, -0.1) is 0 Å². The third-order valence-corrected chi connectivity index (χ3v) is 6.26. The maximum atomic E-state index is 4.76. The van der Waals surface area contributed by atoms with Gasteiger partial charge in [-0.2, -0.15) is 0 Å². The highest BCUT2D eigenvalue weighted by Crippen LogP contribution is 2.40. The highest BCUT2D eigenvalue weighted by molar-refractivity contribution is 6.33. The van der Waals surface area contributed by atoms with E-state index in [4.69, 9.17) is 4.99 Å². The lowest BCUT2D eigenvalue weighted by molar-refractivity contribution is 1.14. The van der Waals surface area contributed by atoms with Gasteiger partial charge in [-0.05, 0) is 67.2 Å². The number of aryl methyl sites for hydroxylation is 1. The van der Waals surface area contributed by atoms with E-state index in [1.54, 1.807) is 0 Å². The minimum absolute atomic E-state index is 0.989. The molecular formula is C29H21N. The smallest absolute Gasteiger partial charge is 0.0630 e. The number of aliphatic imine (C=N–C) groups is 1. The second kappa shape index (κ2) is 6.67. The zero-order chi connectivity index (χ0) is 20.1. The minimum atomic E-state index is 0.989. The summed E-state index contributed by atoms with van der Waals surface area (Å²) < 4.78 is 0. The SMILES string of the molecule is CCc1ccc(N=Cc2ccc3c4cccc5cccc(c6cccc2c63)c54)cc1. The van der Waals surface area contributed by atoms with Crippen LogP contribution in [0.3, 0.4) is 0 Å². The van der Waals surface area contributed by atoms with Gasteiger partial charge in [0, 0.05) is 11.8 Å². The van der Waals surface area contributed by atoms with E-state index in [0.29, 0.717) is 0 Å². The lowest BCUT2D eigenvalue weighted by Crippen LogP contribution is -1.90. The first kappa shape index (κ1) is 17.2. The molecule has 0 aliphatic rings. The summed E-state index contributed by atoms with van der Waals surface area (Å²) in [5.74, 6) is 0. The second-order valence-electron chi connectivity index (χ2n) is 7.92. The molecule has 0 radical (unpaired) electrons. The van der Waals surface area contributed by atoms with Crippen LogP contribution in [-0.4, -0.2) is 6.21 Å². The lowest BCUT2D eigenvalue weighted by Gasteiger charge is -2.15. The highest BCUT2D eigenvalue weighted by atomic mass is 14.7. The summed E-state index contributed by atoms with van der Waals surface area (Å²) in [6.07, 6.45) is 3.05. The summed E-state index contributed by atoms with van der Waals surface area (Å²) in [4.78, 5) is 4.76. The summed E-state index contributed by atoms with van der Waals surface area (Å²) in [5, 5.41) is 10.5. The zero-order valence-corrected chi connectivity index (χ0v) is 16.9. The second-order valence-corrected chi connectivity index (χ2v) is 7.92. The van der Waals surface area contributed by atoms with Gasteiger partial charge in [-0.1, -0.05) is 85.8 Å². The van der Waals surface area contributed by atoms with Crippen LogP contribution in [0.15, 0.2) is 96.0 Å². The first-order valence-corrected chi connectivity index (χ1v) is 10.5. The van der Waals surface area contributed by atoms with Gasteiger partial charge >= 0.3 is 0 Å². The third-order valence-electron chi connectivity index (χ3n) is 6.26. The van der Waals surface area contributed by atoms with Gasteiger partial charge in [-0.25, -0.2) is 0 Å². The Morgan fingerprint density at radius 1 is 0.600 bits per heavy atom. The van der Waals surface area contributed by atoms with Gasteiger partial charge < -0.3 is 0 Å². The molecule has 142 valence electrons. The topological polar surface area (TPSA) is 12.4 Å². The molecule has 1 heteroatoms. The van der Waals surface area contributed by atoms with Crippen molar-refractivity contribution in [3.8, 4) is 0 Å².